The molecule has 0 spiro atoms. The topological polar surface area (TPSA) is 70.8 Å². The lowest BCUT2D eigenvalue weighted by Gasteiger charge is -2.36. The second kappa shape index (κ2) is 10.2. The van der Waals surface area contributed by atoms with Crippen molar-refractivity contribution in [2.45, 2.75) is 20.0 Å². The van der Waals surface area contributed by atoms with Crippen LogP contribution < -0.4 is 5.32 Å². The van der Waals surface area contributed by atoms with E-state index >= 15 is 0 Å². The van der Waals surface area contributed by atoms with Crippen LogP contribution in [0, 0.1) is 6.92 Å². The van der Waals surface area contributed by atoms with Crippen LogP contribution in [0.5, 0.6) is 0 Å². The fourth-order valence-electron chi connectivity index (χ4n) is 3.23. The van der Waals surface area contributed by atoms with Crippen LogP contribution in [0.25, 0.3) is 0 Å². The monoisotopic (exact) mass is 385 g/mol. The molecule has 1 fully saturated rings. The van der Waals surface area contributed by atoms with Crippen LogP contribution in [0.15, 0.2) is 35.3 Å². The molecule has 8 nitrogen and oxygen atoms in total. The van der Waals surface area contributed by atoms with E-state index in [1.807, 2.05) is 18.5 Å². The number of aliphatic imine (C=N–C) groups is 1. The number of hydrogen-bond donors (Lipinski definition) is 1. The predicted octanol–water partition coefficient (Wildman–Crippen LogP) is 1.03. The number of methoxy groups -OCH3 is 1. The smallest absolute Gasteiger partial charge is 0.194 e. The van der Waals surface area contributed by atoms with Crippen molar-refractivity contribution in [1.82, 2.24) is 29.9 Å². The minimum absolute atomic E-state index is 0.511. The molecule has 0 radical (unpaired) electrons. The predicted molar refractivity (Wildman–Crippen MR) is 110 cm³/mol. The number of ether oxygens (including phenoxy) is 1. The number of nitrogens with zero attached hydrogens (tertiary/aromatic N) is 6. The fraction of sp³-hybridized carbons (Fsp3) is 0.550. The normalized spacial score (nSPS) is 15.8. The van der Waals surface area contributed by atoms with Crippen LogP contribution in [0.3, 0.4) is 0 Å². The molecule has 0 bridgehead atoms. The highest BCUT2D eigenvalue weighted by molar-refractivity contribution is 5.80. The van der Waals surface area contributed by atoms with Gasteiger partial charge in [-0.05, 0) is 12.5 Å². The molecule has 2 aromatic rings. The summed E-state index contributed by atoms with van der Waals surface area (Å²) in [6.45, 7) is 8.77. The standard InChI is InChI=1S/C20H31N7O/c1-17-23-24-19(25(17)2)15-22-20(21-9-14-28-3)27-12-10-26(11-13-27)16-18-7-5-4-6-8-18/h4-8H,9-16H2,1-3H3,(H,21,22). The maximum Gasteiger partial charge on any atom is 0.194 e. The summed E-state index contributed by atoms with van der Waals surface area (Å²) in [5.74, 6) is 2.68. The molecule has 3 rings (SSSR count). The first kappa shape index (κ1) is 20.3. The summed E-state index contributed by atoms with van der Waals surface area (Å²) in [5.41, 5.74) is 1.36. The molecule has 8 heteroatoms. The Labute approximate surface area is 167 Å². The molecule has 1 N–H and O–H groups in total. The molecule has 152 valence electrons. The first-order chi connectivity index (χ1) is 13.7. The average molecular weight is 386 g/mol. The zero-order chi connectivity index (χ0) is 19.8. The molecule has 0 atom stereocenters. The Kier molecular flexibility index (Phi) is 7.39. The fourth-order valence-corrected chi connectivity index (χ4v) is 3.23. The molecular weight excluding hydrogens is 354 g/mol. The van der Waals surface area contributed by atoms with E-state index in [0.717, 1.165) is 56.9 Å². The Morgan fingerprint density at radius 1 is 1.14 bits per heavy atom. The van der Waals surface area contributed by atoms with E-state index in [2.05, 4.69) is 55.6 Å². The van der Waals surface area contributed by atoms with Gasteiger partial charge >= 0.3 is 0 Å². The minimum Gasteiger partial charge on any atom is -0.383 e. The number of rotatable bonds is 7. The van der Waals surface area contributed by atoms with E-state index in [9.17, 15) is 0 Å². The third kappa shape index (κ3) is 5.53. The molecule has 0 saturated carbocycles. The van der Waals surface area contributed by atoms with Crippen LogP contribution >= 0.6 is 0 Å². The number of benzene rings is 1. The van der Waals surface area contributed by atoms with E-state index < -0.39 is 0 Å². The number of nitrogens with one attached hydrogen (secondary N) is 1. The second-order valence-electron chi connectivity index (χ2n) is 7.03. The van der Waals surface area contributed by atoms with E-state index in [1.165, 1.54) is 5.56 Å². The van der Waals surface area contributed by atoms with E-state index in [0.29, 0.717) is 13.2 Å². The number of guanidine groups is 1. The molecule has 1 saturated heterocycles. The zero-order valence-corrected chi connectivity index (χ0v) is 17.1. The van der Waals surface area contributed by atoms with E-state index in [4.69, 9.17) is 9.73 Å². The van der Waals surface area contributed by atoms with Crippen LogP contribution in [-0.2, 0) is 24.9 Å². The minimum atomic E-state index is 0.511. The van der Waals surface area contributed by atoms with Crippen LogP contribution in [-0.4, -0.2) is 77.0 Å². The van der Waals surface area contributed by atoms with Gasteiger partial charge in [-0.1, -0.05) is 30.3 Å². The Bertz CT molecular complexity index is 751. The third-order valence-corrected chi connectivity index (χ3v) is 5.06. The third-order valence-electron chi connectivity index (χ3n) is 5.06. The zero-order valence-electron chi connectivity index (χ0n) is 17.1. The SMILES string of the molecule is COCCNC(=NCc1nnc(C)n1C)N1CCN(Cc2ccccc2)CC1. The lowest BCUT2D eigenvalue weighted by atomic mass is 10.2. The van der Waals surface area contributed by atoms with Gasteiger partial charge in [0.1, 0.15) is 12.4 Å². The Balaban J connectivity index is 1.59. The van der Waals surface area contributed by atoms with Gasteiger partial charge in [-0.15, -0.1) is 10.2 Å². The highest BCUT2D eigenvalue weighted by Gasteiger charge is 2.20. The Morgan fingerprint density at radius 3 is 2.54 bits per heavy atom. The molecule has 1 aromatic carbocycles. The maximum atomic E-state index is 5.18. The first-order valence-corrected chi connectivity index (χ1v) is 9.80. The van der Waals surface area contributed by atoms with Crippen molar-refractivity contribution in [2.24, 2.45) is 12.0 Å². The van der Waals surface area contributed by atoms with Crippen LogP contribution in [0.1, 0.15) is 17.2 Å². The Hall–Kier alpha value is -2.45. The van der Waals surface area contributed by atoms with Gasteiger partial charge in [0.05, 0.1) is 6.61 Å². The van der Waals surface area contributed by atoms with Crippen molar-refractivity contribution in [3.05, 3.63) is 47.5 Å². The van der Waals surface area contributed by atoms with Gasteiger partial charge in [0.25, 0.3) is 0 Å². The number of aryl methyl sites for hydroxylation is 1. The summed E-state index contributed by atoms with van der Waals surface area (Å²) in [5, 5.41) is 11.8. The summed E-state index contributed by atoms with van der Waals surface area (Å²) in [4.78, 5) is 9.62. The summed E-state index contributed by atoms with van der Waals surface area (Å²) in [6.07, 6.45) is 0. The van der Waals surface area contributed by atoms with E-state index in [-0.39, 0.29) is 0 Å². The Morgan fingerprint density at radius 2 is 1.89 bits per heavy atom. The summed E-state index contributed by atoms with van der Waals surface area (Å²) >= 11 is 0. The quantitative estimate of drug-likeness (QED) is 0.436. The summed E-state index contributed by atoms with van der Waals surface area (Å²) in [6, 6.07) is 10.6. The van der Waals surface area contributed by atoms with Gasteiger partial charge in [0.15, 0.2) is 11.8 Å². The molecule has 0 aliphatic carbocycles. The molecule has 1 aromatic heterocycles. The lowest BCUT2D eigenvalue weighted by molar-refractivity contribution is 0.169. The van der Waals surface area contributed by atoms with Crippen LogP contribution in [0.2, 0.25) is 0 Å². The maximum absolute atomic E-state index is 5.18. The number of aromatic nitrogens is 3. The highest BCUT2D eigenvalue weighted by atomic mass is 16.5. The van der Waals surface area contributed by atoms with Crippen molar-refractivity contribution in [3.8, 4) is 0 Å². The van der Waals surface area contributed by atoms with Gasteiger partial charge in [0, 0.05) is 53.4 Å². The number of hydrogen-bond acceptors (Lipinski definition) is 5. The average Bonchev–Trinajstić information content (AvgIpc) is 3.04. The second-order valence-corrected chi connectivity index (χ2v) is 7.03. The van der Waals surface area contributed by atoms with Gasteiger partial charge in [-0.25, -0.2) is 4.99 Å². The molecule has 2 heterocycles. The molecular formula is C20H31N7O. The van der Waals surface area contributed by atoms with Gasteiger partial charge < -0.3 is 19.5 Å². The highest BCUT2D eigenvalue weighted by Crippen LogP contribution is 2.09. The molecule has 0 amide bonds. The van der Waals surface area contributed by atoms with E-state index in [1.54, 1.807) is 7.11 Å². The van der Waals surface area contributed by atoms with Crippen molar-refractivity contribution >= 4 is 5.96 Å². The molecule has 0 unspecified atom stereocenters. The van der Waals surface area contributed by atoms with Gasteiger partial charge in [0.2, 0.25) is 0 Å². The molecule has 1 aliphatic rings. The lowest BCUT2D eigenvalue weighted by Crippen LogP contribution is -2.52. The van der Waals surface area contributed by atoms with Crippen molar-refractivity contribution in [2.75, 3.05) is 46.4 Å². The summed E-state index contributed by atoms with van der Waals surface area (Å²) in [7, 11) is 3.68. The van der Waals surface area contributed by atoms with Crippen molar-refractivity contribution in [1.29, 1.82) is 0 Å². The van der Waals surface area contributed by atoms with Gasteiger partial charge in [-0.2, -0.15) is 0 Å². The van der Waals surface area contributed by atoms with Crippen molar-refractivity contribution < 1.29 is 4.74 Å². The number of piperazine rings is 1. The summed E-state index contributed by atoms with van der Waals surface area (Å²) < 4.78 is 7.16. The largest absolute Gasteiger partial charge is 0.383 e. The molecule has 28 heavy (non-hydrogen) atoms. The van der Waals surface area contributed by atoms with Crippen molar-refractivity contribution in [3.63, 3.8) is 0 Å². The van der Waals surface area contributed by atoms with Gasteiger partial charge in [-0.3, -0.25) is 4.90 Å². The first-order valence-electron chi connectivity index (χ1n) is 9.80. The van der Waals surface area contributed by atoms with Crippen LogP contribution in [0.4, 0.5) is 0 Å². The molecule has 1 aliphatic heterocycles.